The van der Waals surface area contributed by atoms with Crippen molar-refractivity contribution in [3.05, 3.63) is 45.9 Å². The first kappa shape index (κ1) is 13.1. The fraction of sp³-hybridized carbons (Fsp3) is 0.357. The summed E-state index contributed by atoms with van der Waals surface area (Å²) in [4.78, 5) is 5.62. The highest BCUT2D eigenvalue weighted by atomic mass is 32.1. The first-order chi connectivity index (χ1) is 8.83. The molecule has 18 heavy (non-hydrogen) atoms. The Morgan fingerprint density at radius 3 is 2.89 bits per heavy atom. The highest BCUT2D eigenvalue weighted by Gasteiger charge is 2.03. The van der Waals surface area contributed by atoms with Gasteiger partial charge in [-0.3, -0.25) is 0 Å². The Kier molecular flexibility index (Phi) is 4.73. The van der Waals surface area contributed by atoms with Gasteiger partial charge >= 0.3 is 0 Å². The molecule has 1 aromatic carbocycles. The van der Waals surface area contributed by atoms with E-state index in [1.807, 2.05) is 18.3 Å². The first-order valence-corrected chi connectivity index (χ1v) is 6.89. The molecule has 2 aromatic rings. The van der Waals surface area contributed by atoms with E-state index in [1.165, 1.54) is 15.4 Å². The summed E-state index contributed by atoms with van der Waals surface area (Å²) < 4.78 is 5.19. The molecule has 4 heteroatoms. The maximum atomic E-state index is 5.19. The third-order valence-electron chi connectivity index (χ3n) is 2.67. The number of hydrogen-bond donors (Lipinski definition) is 1. The quantitative estimate of drug-likeness (QED) is 0.865. The van der Waals surface area contributed by atoms with Crippen molar-refractivity contribution in [1.82, 2.24) is 4.98 Å². The molecule has 3 nitrogen and oxygen atoms in total. The smallest absolute Gasteiger partial charge is 0.0925 e. The van der Waals surface area contributed by atoms with Crippen LogP contribution in [0.3, 0.4) is 0 Å². The van der Waals surface area contributed by atoms with E-state index in [0.29, 0.717) is 6.61 Å². The summed E-state index contributed by atoms with van der Waals surface area (Å²) in [6.07, 6.45) is 2.96. The van der Waals surface area contributed by atoms with Crippen LogP contribution in [0.15, 0.2) is 30.5 Å². The van der Waals surface area contributed by atoms with E-state index >= 15 is 0 Å². The van der Waals surface area contributed by atoms with Crippen molar-refractivity contribution in [3.8, 4) is 0 Å². The fourth-order valence-corrected chi connectivity index (χ4v) is 2.55. The minimum atomic E-state index is 0.631. The molecule has 0 aliphatic carbocycles. The molecule has 0 aliphatic heterocycles. The average Bonchev–Trinajstić information content (AvgIpc) is 2.86. The average molecular weight is 262 g/mol. The van der Waals surface area contributed by atoms with E-state index in [0.717, 1.165) is 18.7 Å². The lowest BCUT2D eigenvalue weighted by atomic mass is 10.2. The van der Waals surface area contributed by atoms with Gasteiger partial charge in [0.05, 0.1) is 18.2 Å². The molecule has 0 radical (unpaired) electrons. The molecule has 0 unspecified atom stereocenters. The molecule has 0 amide bonds. The molecular weight excluding hydrogens is 244 g/mol. The van der Waals surface area contributed by atoms with Crippen molar-refractivity contribution >= 4 is 17.0 Å². The summed E-state index contributed by atoms with van der Waals surface area (Å²) in [5.74, 6) is 0. The van der Waals surface area contributed by atoms with Gasteiger partial charge in [-0.1, -0.05) is 25.1 Å². The van der Waals surface area contributed by atoms with Crippen molar-refractivity contribution in [2.45, 2.75) is 26.5 Å². The van der Waals surface area contributed by atoms with Gasteiger partial charge in [-0.05, 0) is 12.5 Å². The molecule has 1 aromatic heterocycles. The van der Waals surface area contributed by atoms with Crippen molar-refractivity contribution in [2.75, 3.05) is 12.4 Å². The number of ether oxygens (including phenoxy) is 1. The van der Waals surface area contributed by atoms with Crippen molar-refractivity contribution in [1.29, 1.82) is 0 Å². The third-order valence-corrected chi connectivity index (χ3v) is 3.82. The topological polar surface area (TPSA) is 34.2 Å². The predicted molar refractivity (Wildman–Crippen MR) is 76.0 cm³/mol. The maximum absolute atomic E-state index is 5.19. The summed E-state index contributed by atoms with van der Waals surface area (Å²) in [6, 6.07) is 8.22. The fourth-order valence-electron chi connectivity index (χ4n) is 1.75. The van der Waals surface area contributed by atoms with Gasteiger partial charge in [0.15, 0.2) is 0 Å². The van der Waals surface area contributed by atoms with Gasteiger partial charge in [-0.25, -0.2) is 4.98 Å². The Balaban J connectivity index is 2.01. The van der Waals surface area contributed by atoms with Gasteiger partial charge in [0.1, 0.15) is 0 Å². The number of para-hydroxylation sites is 1. The summed E-state index contributed by atoms with van der Waals surface area (Å²) in [6.45, 7) is 3.58. The highest BCUT2D eigenvalue weighted by Crippen LogP contribution is 2.19. The van der Waals surface area contributed by atoms with E-state index in [2.05, 4.69) is 29.4 Å². The van der Waals surface area contributed by atoms with E-state index < -0.39 is 0 Å². The van der Waals surface area contributed by atoms with Gasteiger partial charge in [-0.2, -0.15) is 0 Å². The zero-order valence-corrected chi connectivity index (χ0v) is 11.6. The molecule has 1 heterocycles. The lowest BCUT2D eigenvalue weighted by molar-refractivity contribution is 0.185. The Hall–Kier alpha value is -1.39. The molecule has 0 saturated carbocycles. The summed E-state index contributed by atoms with van der Waals surface area (Å²) >= 11 is 1.77. The lowest BCUT2D eigenvalue weighted by Gasteiger charge is -2.10. The van der Waals surface area contributed by atoms with Crippen molar-refractivity contribution in [2.24, 2.45) is 0 Å². The molecule has 0 atom stereocenters. The van der Waals surface area contributed by atoms with E-state index in [4.69, 9.17) is 4.74 Å². The number of nitrogens with one attached hydrogen (secondary N) is 1. The van der Waals surface area contributed by atoms with Gasteiger partial charge in [0.25, 0.3) is 0 Å². The number of anilines is 1. The van der Waals surface area contributed by atoms with E-state index in [9.17, 15) is 0 Å². The second-order valence-electron chi connectivity index (χ2n) is 4.02. The molecule has 2 rings (SSSR count). The molecule has 96 valence electrons. The number of aryl methyl sites for hydroxylation is 1. The first-order valence-electron chi connectivity index (χ1n) is 6.07. The van der Waals surface area contributed by atoms with Gasteiger partial charge < -0.3 is 10.1 Å². The highest BCUT2D eigenvalue weighted by molar-refractivity contribution is 7.11. The number of benzene rings is 1. The Morgan fingerprint density at radius 1 is 1.33 bits per heavy atom. The number of nitrogens with zero attached hydrogens (tertiary/aromatic N) is 1. The van der Waals surface area contributed by atoms with Crippen LogP contribution in [0.4, 0.5) is 5.69 Å². The molecule has 1 N–H and O–H groups in total. The third kappa shape index (κ3) is 3.31. The maximum Gasteiger partial charge on any atom is 0.0925 e. The molecule has 0 bridgehead atoms. The van der Waals surface area contributed by atoms with Crippen LogP contribution in [-0.4, -0.2) is 12.1 Å². The van der Waals surface area contributed by atoms with Crippen LogP contribution in [-0.2, 0) is 24.3 Å². The van der Waals surface area contributed by atoms with Crippen LogP contribution in [0.5, 0.6) is 0 Å². The SMILES string of the molecule is CCc1ncc(CNc2ccccc2COC)s1. The zero-order valence-electron chi connectivity index (χ0n) is 10.8. The van der Waals surface area contributed by atoms with Crippen molar-refractivity contribution in [3.63, 3.8) is 0 Å². The van der Waals surface area contributed by atoms with Crippen LogP contribution in [0, 0.1) is 0 Å². The van der Waals surface area contributed by atoms with Crippen molar-refractivity contribution < 1.29 is 4.74 Å². The zero-order chi connectivity index (χ0) is 12.8. The minimum Gasteiger partial charge on any atom is -0.380 e. The van der Waals surface area contributed by atoms with Crippen LogP contribution in [0.25, 0.3) is 0 Å². The number of methoxy groups -OCH3 is 1. The Labute approximate surface area is 112 Å². The molecule has 0 fully saturated rings. The number of thiazole rings is 1. The molecule has 0 saturated heterocycles. The van der Waals surface area contributed by atoms with Crippen LogP contribution in [0.1, 0.15) is 22.4 Å². The normalized spacial score (nSPS) is 10.6. The Morgan fingerprint density at radius 2 is 2.17 bits per heavy atom. The molecule has 0 aliphatic rings. The van der Waals surface area contributed by atoms with E-state index in [-0.39, 0.29) is 0 Å². The summed E-state index contributed by atoms with van der Waals surface area (Å²) in [5.41, 5.74) is 2.31. The van der Waals surface area contributed by atoms with Gasteiger partial charge in [0.2, 0.25) is 0 Å². The largest absolute Gasteiger partial charge is 0.380 e. The molecule has 0 spiro atoms. The number of rotatable bonds is 6. The Bertz CT molecular complexity index is 496. The van der Waals surface area contributed by atoms with E-state index in [1.54, 1.807) is 18.4 Å². The number of hydrogen-bond acceptors (Lipinski definition) is 4. The molecular formula is C14H18N2OS. The lowest BCUT2D eigenvalue weighted by Crippen LogP contribution is -2.01. The number of aromatic nitrogens is 1. The van der Waals surface area contributed by atoms with Gasteiger partial charge in [-0.15, -0.1) is 11.3 Å². The predicted octanol–water partition coefficient (Wildman–Crippen LogP) is 3.46. The minimum absolute atomic E-state index is 0.631. The second-order valence-corrected chi connectivity index (χ2v) is 5.22. The van der Waals surface area contributed by atoms with Crippen LogP contribution >= 0.6 is 11.3 Å². The summed E-state index contributed by atoms with van der Waals surface area (Å²) in [7, 11) is 1.72. The summed E-state index contributed by atoms with van der Waals surface area (Å²) in [5, 5.41) is 4.63. The second kappa shape index (κ2) is 6.52. The standard InChI is InChI=1S/C14H18N2OS/c1-3-14-16-9-12(18-14)8-15-13-7-5-4-6-11(13)10-17-2/h4-7,9,15H,3,8,10H2,1-2H3. The van der Waals surface area contributed by atoms with Gasteiger partial charge in [0, 0.05) is 29.4 Å². The van der Waals surface area contributed by atoms with Crippen LogP contribution < -0.4 is 5.32 Å². The van der Waals surface area contributed by atoms with Crippen LogP contribution in [0.2, 0.25) is 0 Å². The monoisotopic (exact) mass is 262 g/mol.